The minimum absolute atomic E-state index is 0.125. The molecule has 0 saturated heterocycles. The summed E-state index contributed by atoms with van der Waals surface area (Å²) in [6.45, 7) is 7.68. The van der Waals surface area contributed by atoms with E-state index in [1.165, 1.54) is 0 Å². The Bertz CT molecular complexity index is 1350. The van der Waals surface area contributed by atoms with E-state index >= 15 is 0 Å². The molecule has 0 aliphatic rings. The van der Waals surface area contributed by atoms with Gasteiger partial charge in [-0.25, -0.2) is 9.67 Å². The Morgan fingerprint density at radius 2 is 1.69 bits per heavy atom. The van der Waals surface area contributed by atoms with E-state index in [4.69, 9.17) is 14.2 Å². The van der Waals surface area contributed by atoms with Crippen LogP contribution in [-0.4, -0.2) is 39.4 Å². The zero-order chi connectivity index (χ0) is 24.9. The number of methoxy groups -OCH3 is 1. The quantitative estimate of drug-likeness (QED) is 0.395. The van der Waals surface area contributed by atoms with Crippen LogP contribution in [0.4, 0.5) is 5.69 Å². The summed E-state index contributed by atoms with van der Waals surface area (Å²) < 4.78 is 18.4. The molecule has 0 spiro atoms. The third kappa shape index (κ3) is 5.75. The molecule has 4 aromatic rings. The van der Waals surface area contributed by atoms with Gasteiger partial charge in [0.15, 0.2) is 12.4 Å². The van der Waals surface area contributed by atoms with E-state index in [1.807, 2.05) is 20.8 Å². The maximum absolute atomic E-state index is 12.3. The third-order valence-corrected chi connectivity index (χ3v) is 5.44. The Labute approximate surface area is 203 Å². The smallest absolute Gasteiger partial charge is 0.262 e. The van der Waals surface area contributed by atoms with Crippen molar-refractivity contribution in [3.05, 3.63) is 77.4 Å². The van der Waals surface area contributed by atoms with E-state index in [0.29, 0.717) is 40.5 Å². The Morgan fingerprint density at radius 3 is 2.37 bits per heavy atom. The molecular weight excluding hydrogens is 446 g/mol. The highest BCUT2D eigenvalue weighted by Gasteiger charge is 2.13. The van der Waals surface area contributed by atoms with Gasteiger partial charge in [-0.2, -0.15) is 10.1 Å². The number of carbonyl (C=O) groups is 1. The van der Waals surface area contributed by atoms with Gasteiger partial charge in [-0.3, -0.25) is 4.79 Å². The summed E-state index contributed by atoms with van der Waals surface area (Å²) >= 11 is 0. The van der Waals surface area contributed by atoms with Crippen LogP contribution in [0, 0.1) is 27.7 Å². The lowest BCUT2D eigenvalue weighted by Gasteiger charge is -2.11. The van der Waals surface area contributed by atoms with Gasteiger partial charge in [0.25, 0.3) is 5.91 Å². The molecule has 2 aromatic heterocycles. The lowest BCUT2D eigenvalue weighted by Crippen LogP contribution is -2.20. The van der Waals surface area contributed by atoms with E-state index in [9.17, 15) is 4.79 Å². The summed E-state index contributed by atoms with van der Waals surface area (Å²) in [5.41, 5.74) is 3.71. The van der Waals surface area contributed by atoms with Crippen molar-refractivity contribution in [2.24, 2.45) is 0 Å². The first-order valence-electron chi connectivity index (χ1n) is 11.1. The molecule has 1 amide bonds. The van der Waals surface area contributed by atoms with Crippen molar-refractivity contribution in [3.63, 3.8) is 0 Å². The van der Waals surface area contributed by atoms with Gasteiger partial charge in [0.05, 0.1) is 12.8 Å². The van der Waals surface area contributed by atoms with Gasteiger partial charge < -0.3 is 19.5 Å². The van der Waals surface area contributed by atoms with Gasteiger partial charge in [-0.15, -0.1) is 0 Å². The van der Waals surface area contributed by atoms with Gasteiger partial charge in [0.2, 0.25) is 5.88 Å². The van der Waals surface area contributed by atoms with Crippen LogP contribution in [0.3, 0.4) is 0 Å². The predicted molar refractivity (Wildman–Crippen MR) is 132 cm³/mol. The summed E-state index contributed by atoms with van der Waals surface area (Å²) in [6.07, 6.45) is 0. The van der Waals surface area contributed by atoms with Crippen LogP contribution in [0.1, 0.15) is 22.8 Å². The van der Waals surface area contributed by atoms with Crippen molar-refractivity contribution in [3.8, 4) is 28.9 Å². The molecule has 0 unspecified atom stereocenters. The molecule has 35 heavy (non-hydrogen) atoms. The molecule has 0 aliphatic carbocycles. The van der Waals surface area contributed by atoms with Gasteiger partial charge in [0.1, 0.15) is 23.1 Å². The highest BCUT2D eigenvalue weighted by molar-refractivity contribution is 5.91. The first-order valence-corrected chi connectivity index (χ1v) is 11.1. The molecule has 0 fully saturated rings. The second kappa shape index (κ2) is 10.3. The number of amides is 1. The maximum Gasteiger partial charge on any atom is 0.262 e. The summed E-state index contributed by atoms with van der Waals surface area (Å²) in [4.78, 5) is 21.1. The lowest BCUT2D eigenvalue weighted by atomic mass is 10.2. The van der Waals surface area contributed by atoms with Crippen molar-refractivity contribution in [1.82, 2.24) is 19.7 Å². The number of nitrogens with one attached hydrogen (secondary N) is 1. The number of hydrogen-bond acceptors (Lipinski definition) is 7. The van der Waals surface area contributed by atoms with Crippen LogP contribution in [0.5, 0.6) is 23.1 Å². The molecule has 2 aromatic carbocycles. The summed E-state index contributed by atoms with van der Waals surface area (Å²) in [5, 5.41) is 7.36. The minimum Gasteiger partial charge on any atom is -0.497 e. The number of ether oxygens (including phenoxy) is 3. The summed E-state index contributed by atoms with van der Waals surface area (Å²) in [7, 11) is 1.58. The molecule has 4 rings (SSSR count). The van der Waals surface area contributed by atoms with Crippen molar-refractivity contribution in [2.45, 2.75) is 27.7 Å². The molecule has 0 radical (unpaired) electrons. The first kappa shape index (κ1) is 23.7. The van der Waals surface area contributed by atoms with E-state index < -0.39 is 0 Å². The molecular formula is C26H27N5O4. The maximum atomic E-state index is 12.3. The molecule has 0 saturated carbocycles. The Balaban J connectivity index is 1.39. The summed E-state index contributed by atoms with van der Waals surface area (Å²) in [6, 6.07) is 15.8. The van der Waals surface area contributed by atoms with Crippen molar-refractivity contribution >= 4 is 11.6 Å². The van der Waals surface area contributed by atoms with E-state index in [0.717, 1.165) is 17.0 Å². The first-order chi connectivity index (χ1) is 16.8. The normalized spacial score (nSPS) is 10.7. The van der Waals surface area contributed by atoms with Crippen LogP contribution in [0.2, 0.25) is 0 Å². The Hall–Kier alpha value is -4.40. The molecule has 0 aliphatic heterocycles. The lowest BCUT2D eigenvalue weighted by molar-refractivity contribution is -0.118. The SMILES string of the molecule is COc1cccc(OCC(=O)Nc2ccc(Oc3cc(-n4nc(C)c(C)c4C)nc(C)n3)cc2)c1. The second-order valence-corrected chi connectivity index (χ2v) is 7.96. The van der Waals surface area contributed by atoms with Crippen molar-refractivity contribution in [2.75, 3.05) is 19.0 Å². The van der Waals surface area contributed by atoms with E-state index in [1.54, 1.807) is 73.3 Å². The fourth-order valence-corrected chi connectivity index (χ4v) is 3.39. The van der Waals surface area contributed by atoms with E-state index in [2.05, 4.69) is 20.4 Å². The number of carbonyl (C=O) groups excluding carboxylic acids is 1. The third-order valence-electron chi connectivity index (χ3n) is 5.44. The Morgan fingerprint density at radius 1 is 0.943 bits per heavy atom. The molecule has 9 heteroatoms. The average molecular weight is 474 g/mol. The van der Waals surface area contributed by atoms with Crippen LogP contribution < -0.4 is 19.5 Å². The number of rotatable bonds is 8. The topological polar surface area (TPSA) is 100 Å². The number of aromatic nitrogens is 4. The fourth-order valence-electron chi connectivity index (χ4n) is 3.39. The largest absolute Gasteiger partial charge is 0.497 e. The number of benzene rings is 2. The van der Waals surface area contributed by atoms with Gasteiger partial charge >= 0.3 is 0 Å². The zero-order valence-corrected chi connectivity index (χ0v) is 20.3. The van der Waals surface area contributed by atoms with Gasteiger partial charge in [0, 0.05) is 23.5 Å². The van der Waals surface area contributed by atoms with Crippen LogP contribution >= 0.6 is 0 Å². The van der Waals surface area contributed by atoms with Gasteiger partial charge in [-0.1, -0.05) is 6.07 Å². The number of nitrogens with zero attached hydrogens (tertiary/aromatic N) is 4. The highest BCUT2D eigenvalue weighted by atomic mass is 16.5. The predicted octanol–water partition coefficient (Wildman–Crippen LogP) is 4.71. The summed E-state index contributed by atoms with van der Waals surface area (Å²) in [5.74, 6) is 3.12. The molecule has 0 bridgehead atoms. The molecule has 2 heterocycles. The van der Waals surface area contributed by atoms with Gasteiger partial charge in [-0.05, 0) is 69.7 Å². The van der Waals surface area contributed by atoms with Crippen molar-refractivity contribution < 1.29 is 19.0 Å². The van der Waals surface area contributed by atoms with E-state index in [-0.39, 0.29) is 12.5 Å². The fraction of sp³-hybridized carbons (Fsp3) is 0.231. The molecule has 1 N–H and O–H groups in total. The van der Waals surface area contributed by atoms with Crippen molar-refractivity contribution in [1.29, 1.82) is 0 Å². The van der Waals surface area contributed by atoms with Crippen LogP contribution in [0.25, 0.3) is 5.82 Å². The Kier molecular flexibility index (Phi) is 6.96. The second-order valence-electron chi connectivity index (χ2n) is 7.96. The monoisotopic (exact) mass is 473 g/mol. The number of hydrogen-bond donors (Lipinski definition) is 1. The van der Waals surface area contributed by atoms with Crippen LogP contribution in [-0.2, 0) is 4.79 Å². The highest BCUT2D eigenvalue weighted by Crippen LogP contribution is 2.24. The standard InChI is InChI=1S/C26H27N5O4/c1-16-17(2)30-31(18(16)3)24-14-26(28-19(4)27-24)35-21-11-9-20(10-12-21)29-25(32)15-34-23-8-6-7-22(13-23)33-5/h6-14H,15H2,1-5H3,(H,29,32). The minimum atomic E-state index is -0.280. The molecule has 9 nitrogen and oxygen atoms in total. The number of aryl methyl sites for hydroxylation is 2. The van der Waals surface area contributed by atoms with Crippen LogP contribution in [0.15, 0.2) is 54.6 Å². The molecule has 180 valence electrons. The zero-order valence-electron chi connectivity index (χ0n) is 20.3. The molecule has 0 atom stereocenters. The average Bonchev–Trinajstić information content (AvgIpc) is 3.11. The number of anilines is 1.